The van der Waals surface area contributed by atoms with Gasteiger partial charge in [-0.05, 0) is 13.8 Å². The summed E-state index contributed by atoms with van der Waals surface area (Å²) in [5.74, 6) is 0.645. The van der Waals surface area contributed by atoms with Gasteiger partial charge in [0.15, 0.2) is 12.0 Å². The van der Waals surface area contributed by atoms with Gasteiger partial charge in [-0.1, -0.05) is 0 Å². The monoisotopic (exact) mass is 232 g/mol. The Hall–Kier alpha value is -2.24. The molecule has 0 fully saturated rings. The van der Waals surface area contributed by atoms with Gasteiger partial charge in [0.05, 0.1) is 11.3 Å². The molecule has 0 radical (unpaired) electrons. The quantitative estimate of drug-likeness (QED) is 0.749. The molecule has 2 heterocycles. The van der Waals surface area contributed by atoms with E-state index in [4.69, 9.17) is 4.74 Å². The van der Waals surface area contributed by atoms with E-state index in [1.165, 1.54) is 12.4 Å². The molecule has 0 saturated heterocycles. The van der Waals surface area contributed by atoms with Crippen molar-refractivity contribution in [2.75, 3.05) is 0 Å². The van der Waals surface area contributed by atoms with Crippen molar-refractivity contribution in [2.45, 2.75) is 13.8 Å². The normalized spacial score (nSPS) is 10.3. The molecule has 6 heteroatoms. The molecule has 0 aliphatic heterocycles. The summed E-state index contributed by atoms with van der Waals surface area (Å²) in [5, 5.41) is 4.22. The molecule has 0 aliphatic rings. The van der Waals surface area contributed by atoms with Gasteiger partial charge in [0.2, 0.25) is 0 Å². The lowest BCUT2D eigenvalue weighted by Gasteiger charge is -2.03. The minimum absolute atomic E-state index is 0.204. The molecule has 0 aliphatic carbocycles. The first kappa shape index (κ1) is 11.3. The van der Waals surface area contributed by atoms with Gasteiger partial charge in [-0.25, -0.2) is 9.97 Å². The summed E-state index contributed by atoms with van der Waals surface area (Å²) in [5.41, 5.74) is 2.08. The van der Waals surface area contributed by atoms with E-state index in [9.17, 15) is 4.79 Å². The number of hydrogen-bond acceptors (Lipinski definition) is 5. The number of aryl methyl sites for hydroxylation is 2. The first-order chi connectivity index (χ1) is 8.11. The molecule has 0 aromatic carbocycles. The molecule has 0 spiro atoms. The van der Waals surface area contributed by atoms with Crippen LogP contribution in [0.4, 0.5) is 0 Å². The van der Waals surface area contributed by atoms with Crippen molar-refractivity contribution in [3.05, 3.63) is 29.3 Å². The predicted molar refractivity (Wildman–Crippen MR) is 60.2 cm³/mol. The Morgan fingerprint density at radius 1 is 1.29 bits per heavy atom. The van der Waals surface area contributed by atoms with Crippen LogP contribution in [0.2, 0.25) is 0 Å². The van der Waals surface area contributed by atoms with Crippen molar-refractivity contribution >= 4 is 6.29 Å². The number of nitrogens with zero attached hydrogens (tertiary/aromatic N) is 4. The molecule has 2 aromatic heterocycles. The summed E-state index contributed by atoms with van der Waals surface area (Å²) in [6.45, 7) is 3.75. The predicted octanol–water partition coefficient (Wildman–Crippen LogP) is 1.43. The number of aromatic nitrogens is 4. The zero-order valence-electron chi connectivity index (χ0n) is 9.84. The molecular formula is C11H12N4O2. The average Bonchev–Trinajstić information content (AvgIpc) is 2.57. The molecule has 0 atom stereocenters. The van der Waals surface area contributed by atoms with Crippen LogP contribution in [0.25, 0.3) is 0 Å². The van der Waals surface area contributed by atoms with Gasteiger partial charge in [0.25, 0.3) is 0 Å². The van der Waals surface area contributed by atoms with Crippen LogP contribution in [0.3, 0.4) is 0 Å². The molecule has 6 nitrogen and oxygen atoms in total. The van der Waals surface area contributed by atoms with Crippen molar-refractivity contribution in [1.82, 2.24) is 19.7 Å². The van der Waals surface area contributed by atoms with Crippen LogP contribution in [0.5, 0.6) is 11.8 Å². The fourth-order valence-corrected chi connectivity index (χ4v) is 1.43. The van der Waals surface area contributed by atoms with Crippen molar-refractivity contribution < 1.29 is 9.53 Å². The van der Waals surface area contributed by atoms with E-state index in [0.29, 0.717) is 17.6 Å². The second-order valence-corrected chi connectivity index (χ2v) is 3.64. The van der Waals surface area contributed by atoms with Crippen LogP contribution in [-0.4, -0.2) is 26.0 Å². The maximum Gasteiger partial charge on any atom is 0.322 e. The van der Waals surface area contributed by atoms with E-state index in [0.717, 1.165) is 11.4 Å². The van der Waals surface area contributed by atoms with Crippen molar-refractivity contribution in [3.8, 4) is 11.8 Å². The third-order valence-electron chi connectivity index (χ3n) is 2.42. The highest BCUT2D eigenvalue weighted by atomic mass is 16.5. The molecule has 17 heavy (non-hydrogen) atoms. The van der Waals surface area contributed by atoms with Gasteiger partial charge < -0.3 is 4.74 Å². The minimum atomic E-state index is 0.204. The Morgan fingerprint density at radius 2 is 1.94 bits per heavy atom. The summed E-state index contributed by atoms with van der Waals surface area (Å²) >= 11 is 0. The van der Waals surface area contributed by atoms with Gasteiger partial charge in [-0.3, -0.25) is 9.48 Å². The number of carbonyl (C=O) groups excluding carboxylic acids is 1. The second-order valence-electron chi connectivity index (χ2n) is 3.64. The highest BCUT2D eigenvalue weighted by Crippen LogP contribution is 2.25. The van der Waals surface area contributed by atoms with Gasteiger partial charge in [-0.15, -0.1) is 0 Å². The summed E-state index contributed by atoms with van der Waals surface area (Å²) < 4.78 is 7.27. The van der Waals surface area contributed by atoms with Crippen molar-refractivity contribution in [2.24, 2.45) is 7.05 Å². The first-order valence-electron chi connectivity index (χ1n) is 5.07. The van der Waals surface area contributed by atoms with Gasteiger partial charge in [0.1, 0.15) is 5.69 Å². The number of rotatable bonds is 3. The number of hydrogen-bond donors (Lipinski definition) is 0. The third kappa shape index (κ3) is 2.15. The Kier molecular flexibility index (Phi) is 2.86. The largest absolute Gasteiger partial charge is 0.420 e. The number of carbonyl (C=O) groups is 1. The van der Waals surface area contributed by atoms with Gasteiger partial charge >= 0.3 is 6.01 Å². The van der Waals surface area contributed by atoms with Crippen LogP contribution >= 0.6 is 0 Å². The van der Waals surface area contributed by atoms with E-state index in [2.05, 4.69) is 15.1 Å². The maximum atomic E-state index is 10.5. The molecule has 2 rings (SSSR count). The molecule has 0 bridgehead atoms. The van der Waals surface area contributed by atoms with Crippen LogP contribution in [0, 0.1) is 13.8 Å². The van der Waals surface area contributed by atoms with E-state index in [1.54, 1.807) is 4.68 Å². The number of ether oxygens (including phenoxy) is 1. The average molecular weight is 232 g/mol. The Bertz CT molecular complexity index is 545. The first-order valence-corrected chi connectivity index (χ1v) is 5.07. The highest BCUT2D eigenvalue weighted by molar-refractivity contribution is 5.73. The fraction of sp³-hybridized carbons (Fsp3) is 0.273. The fourth-order valence-electron chi connectivity index (χ4n) is 1.43. The molecule has 88 valence electrons. The smallest absolute Gasteiger partial charge is 0.322 e. The molecule has 0 saturated carbocycles. The topological polar surface area (TPSA) is 69.9 Å². The zero-order valence-corrected chi connectivity index (χ0v) is 9.84. The minimum Gasteiger partial charge on any atom is -0.420 e. The second kappa shape index (κ2) is 4.32. The summed E-state index contributed by atoms with van der Waals surface area (Å²) in [6, 6.07) is 0.204. The molecular weight excluding hydrogens is 220 g/mol. The third-order valence-corrected chi connectivity index (χ3v) is 2.42. The SMILES string of the molecule is Cc1nn(C)c(C)c1Oc1ncc(C=O)cn1. The highest BCUT2D eigenvalue weighted by Gasteiger charge is 2.12. The van der Waals surface area contributed by atoms with E-state index < -0.39 is 0 Å². The van der Waals surface area contributed by atoms with E-state index in [1.807, 2.05) is 20.9 Å². The molecule has 0 unspecified atom stereocenters. The van der Waals surface area contributed by atoms with Gasteiger partial charge in [0, 0.05) is 19.4 Å². The molecule has 0 amide bonds. The van der Waals surface area contributed by atoms with Crippen molar-refractivity contribution in [1.29, 1.82) is 0 Å². The molecule has 0 N–H and O–H groups in total. The van der Waals surface area contributed by atoms with Crippen LogP contribution in [-0.2, 0) is 7.05 Å². The molecule has 2 aromatic rings. The Labute approximate surface area is 98.3 Å². The number of aldehydes is 1. The van der Waals surface area contributed by atoms with E-state index >= 15 is 0 Å². The lowest BCUT2D eigenvalue weighted by molar-refractivity contribution is 0.112. The summed E-state index contributed by atoms with van der Waals surface area (Å²) in [4.78, 5) is 18.3. The lowest BCUT2D eigenvalue weighted by Crippen LogP contribution is -1.96. The summed E-state index contributed by atoms with van der Waals surface area (Å²) in [7, 11) is 1.84. The van der Waals surface area contributed by atoms with Crippen LogP contribution in [0.15, 0.2) is 12.4 Å². The lowest BCUT2D eigenvalue weighted by atomic mass is 10.3. The van der Waals surface area contributed by atoms with Crippen LogP contribution in [0.1, 0.15) is 21.7 Å². The van der Waals surface area contributed by atoms with Crippen LogP contribution < -0.4 is 4.74 Å². The maximum absolute atomic E-state index is 10.5. The Morgan fingerprint density at radius 3 is 2.41 bits per heavy atom. The Balaban J connectivity index is 2.28. The van der Waals surface area contributed by atoms with Gasteiger partial charge in [-0.2, -0.15) is 5.10 Å². The van der Waals surface area contributed by atoms with E-state index in [-0.39, 0.29) is 6.01 Å². The zero-order chi connectivity index (χ0) is 12.4. The summed E-state index contributed by atoms with van der Waals surface area (Å²) in [6.07, 6.45) is 3.51. The van der Waals surface area contributed by atoms with Crippen molar-refractivity contribution in [3.63, 3.8) is 0 Å². The standard InChI is InChI=1S/C11H12N4O2/c1-7-10(8(2)15(3)14-7)17-11-12-4-9(6-16)5-13-11/h4-6H,1-3H3.